The Bertz CT molecular complexity index is 328. The summed E-state index contributed by atoms with van der Waals surface area (Å²) >= 11 is 3.32. The van der Waals surface area contributed by atoms with Crippen LogP contribution in [0.2, 0.25) is 0 Å². The first-order valence-corrected chi connectivity index (χ1v) is 7.03. The van der Waals surface area contributed by atoms with Gasteiger partial charge in [0.05, 0.1) is 6.61 Å². The fourth-order valence-electron chi connectivity index (χ4n) is 2.10. The third-order valence-corrected chi connectivity index (χ3v) is 3.60. The van der Waals surface area contributed by atoms with E-state index in [1.807, 2.05) is 18.3 Å². The Morgan fingerprint density at radius 2 is 2.33 bits per heavy atom. The van der Waals surface area contributed by atoms with Crippen LogP contribution in [0.5, 0.6) is 0 Å². The average Bonchev–Trinajstić information content (AvgIpc) is 2.38. The summed E-state index contributed by atoms with van der Waals surface area (Å²) in [6.07, 6.45) is 5.67. The lowest BCUT2D eigenvalue weighted by Gasteiger charge is -2.22. The highest BCUT2D eigenvalue weighted by Crippen LogP contribution is 2.14. The summed E-state index contributed by atoms with van der Waals surface area (Å²) in [5.41, 5.74) is 1.13. The maximum Gasteiger partial charge on any atom is 0.106 e. The van der Waals surface area contributed by atoms with Crippen LogP contribution >= 0.6 is 28.3 Å². The highest BCUT2D eigenvalue weighted by atomic mass is 79.9. The van der Waals surface area contributed by atoms with Crippen molar-refractivity contribution in [3.63, 3.8) is 0 Å². The lowest BCUT2D eigenvalue weighted by molar-refractivity contribution is 0.103. The van der Waals surface area contributed by atoms with E-state index in [4.69, 9.17) is 4.74 Å². The first-order valence-electron chi connectivity index (χ1n) is 6.23. The molecule has 1 N–H and O–H groups in total. The van der Waals surface area contributed by atoms with Crippen molar-refractivity contribution in [1.82, 2.24) is 10.3 Å². The van der Waals surface area contributed by atoms with Gasteiger partial charge in [-0.2, -0.15) is 0 Å². The number of halogens is 2. The molecule has 1 aromatic rings. The number of nitrogens with zero attached hydrogens (tertiary/aromatic N) is 1. The molecular weight excluding hydrogens is 316 g/mol. The molecule has 18 heavy (non-hydrogen) atoms. The van der Waals surface area contributed by atoms with E-state index in [1.54, 1.807) is 0 Å². The van der Waals surface area contributed by atoms with E-state index in [9.17, 15) is 0 Å². The van der Waals surface area contributed by atoms with Gasteiger partial charge in [-0.1, -0.05) is 6.07 Å². The molecule has 2 heterocycles. The minimum absolute atomic E-state index is 0. The van der Waals surface area contributed by atoms with Crippen LogP contribution in [-0.4, -0.2) is 24.7 Å². The summed E-state index contributed by atoms with van der Waals surface area (Å²) in [5, 5.41) is 3.43. The monoisotopic (exact) mass is 334 g/mol. The van der Waals surface area contributed by atoms with E-state index in [0.717, 1.165) is 35.7 Å². The van der Waals surface area contributed by atoms with Crippen molar-refractivity contribution in [3.05, 3.63) is 28.5 Å². The molecule has 2 rings (SSSR count). The SMILES string of the molecule is Brc1ccc(COCCC2CCCNC2)cn1.Cl. The zero-order chi connectivity index (χ0) is 11.9. The minimum atomic E-state index is 0. The van der Waals surface area contributed by atoms with Gasteiger partial charge in [-0.15, -0.1) is 12.4 Å². The molecule has 1 aromatic heterocycles. The lowest BCUT2D eigenvalue weighted by Crippen LogP contribution is -2.30. The third-order valence-electron chi connectivity index (χ3n) is 3.13. The molecule has 0 aliphatic carbocycles. The second-order valence-electron chi connectivity index (χ2n) is 4.54. The van der Waals surface area contributed by atoms with Crippen LogP contribution in [0.4, 0.5) is 0 Å². The van der Waals surface area contributed by atoms with Crippen molar-refractivity contribution in [2.45, 2.75) is 25.9 Å². The molecule has 0 aromatic carbocycles. The highest BCUT2D eigenvalue weighted by molar-refractivity contribution is 9.10. The zero-order valence-corrected chi connectivity index (χ0v) is 12.8. The van der Waals surface area contributed by atoms with Gasteiger partial charge >= 0.3 is 0 Å². The Kier molecular flexibility index (Phi) is 7.82. The summed E-state index contributed by atoms with van der Waals surface area (Å²) in [6.45, 7) is 3.86. The summed E-state index contributed by atoms with van der Waals surface area (Å²) in [4.78, 5) is 4.17. The molecule has 0 radical (unpaired) electrons. The Morgan fingerprint density at radius 1 is 1.44 bits per heavy atom. The van der Waals surface area contributed by atoms with Crippen LogP contribution in [0.3, 0.4) is 0 Å². The molecule has 0 spiro atoms. The van der Waals surface area contributed by atoms with Gasteiger partial charge in [0.2, 0.25) is 0 Å². The Balaban J connectivity index is 0.00000162. The molecule has 5 heteroatoms. The number of nitrogens with one attached hydrogen (secondary N) is 1. The summed E-state index contributed by atoms with van der Waals surface area (Å²) in [6, 6.07) is 3.99. The van der Waals surface area contributed by atoms with Crippen molar-refractivity contribution in [2.24, 2.45) is 5.92 Å². The number of piperidine rings is 1. The number of hydrogen-bond donors (Lipinski definition) is 1. The minimum Gasteiger partial charge on any atom is -0.377 e. The van der Waals surface area contributed by atoms with Crippen molar-refractivity contribution in [2.75, 3.05) is 19.7 Å². The summed E-state index contributed by atoms with van der Waals surface area (Å²) < 4.78 is 6.55. The molecule has 1 aliphatic rings. The zero-order valence-electron chi connectivity index (χ0n) is 10.4. The lowest BCUT2D eigenvalue weighted by atomic mass is 9.97. The maximum absolute atomic E-state index is 5.68. The van der Waals surface area contributed by atoms with Crippen molar-refractivity contribution in [1.29, 1.82) is 0 Å². The molecule has 1 fully saturated rings. The fourth-order valence-corrected chi connectivity index (χ4v) is 2.34. The van der Waals surface area contributed by atoms with Gasteiger partial charge in [0.25, 0.3) is 0 Å². The predicted molar refractivity (Wildman–Crippen MR) is 79.1 cm³/mol. The van der Waals surface area contributed by atoms with Crippen LogP contribution < -0.4 is 5.32 Å². The standard InChI is InChI=1S/C13H19BrN2O.ClH/c14-13-4-3-12(9-16-13)10-17-7-5-11-2-1-6-15-8-11;/h3-4,9,11,15H,1-2,5-8,10H2;1H. The molecule has 0 bridgehead atoms. The quantitative estimate of drug-likeness (QED) is 0.663. The van der Waals surface area contributed by atoms with E-state index in [2.05, 4.69) is 26.2 Å². The highest BCUT2D eigenvalue weighted by Gasteiger charge is 2.12. The van der Waals surface area contributed by atoms with Gasteiger partial charge in [0, 0.05) is 12.8 Å². The molecule has 1 unspecified atom stereocenters. The van der Waals surface area contributed by atoms with Crippen molar-refractivity contribution >= 4 is 28.3 Å². The van der Waals surface area contributed by atoms with Crippen LogP contribution in [0.25, 0.3) is 0 Å². The van der Waals surface area contributed by atoms with Crippen LogP contribution in [-0.2, 0) is 11.3 Å². The van der Waals surface area contributed by atoms with Crippen molar-refractivity contribution in [3.8, 4) is 0 Å². The number of pyridine rings is 1. The van der Waals surface area contributed by atoms with Crippen LogP contribution in [0.1, 0.15) is 24.8 Å². The predicted octanol–water partition coefficient (Wildman–Crippen LogP) is 3.17. The number of hydrogen-bond acceptors (Lipinski definition) is 3. The van der Waals surface area contributed by atoms with Gasteiger partial charge in [-0.25, -0.2) is 4.98 Å². The van der Waals surface area contributed by atoms with E-state index < -0.39 is 0 Å². The van der Waals surface area contributed by atoms with E-state index in [-0.39, 0.29) is 12.4 Å². The molecule has 0 saturated carbocycles. The first-order chi connectivity index (χ1) is 8.34. The largest absolute Gasteiger partial charge is 0.377 e. The normalized spacial score (nSPS) is 19.3. The third kappa shape index (κ3) is 5.65. The second kappa shape index (κ2) is 8.86. The molecule has 1 aliphatic heterocycles. The summed E-state index contributed by atoms with van der Waals surface area (Å²) in [7, 11) is 0. The Labute approximate surface area is 123 Å². The average molecular weight is 336 g/mol. The van der Waals surface area contributed by atoms with Gasteiger partial charge in [0.1, 0.15) is 4.60 Å². The van der Waals surface area contributed by atoms with Gasteiger partial charge in [-0.3, -0.25) is 0 Å². The second-order valence-corrected chi connectivity index (χ2v) is 5.36. The Hall–Kier alpha value is -0.160. The molecule has 102 valence electrons. The molecular formula is C13H20BrClN2O. The van der Waals surface area contributed by atoms with Crippen LogP contribution in [0, 0.1) is 5.92 Å². The molecule has 1 atom stereocenters. The number of rotatable bonds is 5. The van der Waals surface area contributed by atoms with Gasteiger partial charge < -0.3 is 10.1 Å². The fraction of sp³-hybridized carbons (Fsp3) is 0.615. The van der Waals surface area contributed by atoms with E-state index in [0.29, 0.717) is 6.61 Å². The van der Waals surface area contributed by atoms with E-state index in [1.165, 1.54) is 19.4 Å². The number of aromatic nitrogens is 1. The van der Waals surface area contributed by atoms with E-state index >= 15 is 0 Å². The molecule has 3 nitrogen and oxygen atoms in total. The Morgan fingerprint density at radius 3 is 3.00 bits per heavy atom. The first kappa shape index (κ1) is 15.9. The maximum atomic E-state index is 5.68. The molecule has 0 amide bonds. The smallest absolute Gasteiger partial charge is 0.106 e. The number of ether oxygens (including phenoxy) is 1. The van der Waals surface area contributed by atoms with Crippen molar-refractivity contribution < 1.29 is 4.74 Å². The molecule has 1 saturated heterocycles. The van der Waals surface area contributed by atoms with Gasteiger partial charge in [0.15, 0.2) is 0 Å². The topological polar surface area (TPSA) is 34.1 Å². The van der Waals surface area contributed by atoms with Crippen LogP contribution in [0.15, 0.2) is 22.9 Å². The summed E-state index contributed by atoms with van der Waals surface area (Å²) in [5.74, 6) is 0.798. The van der Waals surface area contributed by atoms with Gasteiger partial charge in [-0.05, 0) is 65.8 Å².